The number of carbonyl (C=O) groups excluding carboxylic acids is 1. The molecule has 0 aliphatic heterocycles. The van der Waals surface area contributed by atoms with Crippen molar-refractivity contribution in [2.75, 3.05) is 12.4 Å². The monoisotopic (exact) mass is 423 g/mol. The second-order valence-corrected chi connectivity index (χ2v) is 7.87. The Hall–Kier alpha value is -2.98. The minimum absolute atomic E-state index is 0.216. The standard InChI is InChI=1S/C25H26ClNO3/c1-15-10-17(3)18(4)24(11-15)30-14-20-12-19(7-9-23(20)29-5)25(28)27-22-13-21(26)8-6-16(22)2/h6-13H,14H2,1-5H3,(H,27,28). The molecular weight excluding hydrogens is 398 g/mol. The van der Waals surface area contributed by atoms with Gasteiger partial charge in [0.2, 0.25) is 0 Å². The highest BCUT2D eigenvalue weighted by molar-refractivity contribution is 6.31. The van der Waals surface area contributed by atoms with Crippen LogP contribution < -0.4 is 14.8 Å². The van der Waals surface area contributed by atoms with Crippen molar-refractivity contribution in [1.82, 2.24) is 0 Å². The van der Waals surface area contributed by atoms with E-state index in [1.165, 1.54) is 5.56 Å². The molecule has 0 saturated carbocycles. The van der Waals surface area contributed by atoms with Gasteiger partial charge in [0.05, 0.1) is 7.11 Å². The van der Waals surface area contributed by atoms with Gasteiger partial charge in [-0.3, -0.25) is 4.79 Å². The van der Waals surface area contributed by atoms with Crippen LogP contribution in [-0.4, -0.2) is 13.0 Å². The molecule has 0 aliphatic rings. The van der Waals surface area contributed by atoms with Crippen LogP contribution in [0.4, 0.5) is 5.69 Å². The lowest BCUT2D eigenvalue weighted by Gasteiger charge is -2.15. The summed E-state index contributed by atoms with van der Waals surface area (Å²) in [4.78, 5) is 12.8. The van der Waals surface area contributed by atoms with Crippen molar-refractivity contribution in [3.05, 3.63) is 86.9 Å². The Balaban J connectivity index is 1.83. The van der Waals surface area contributed by atoms with Crippen LogP contribution in [0, 0.1) is 27.7 Å². The van der Waals surface area contributed by atoms with Gasteiger partial charge in [0.15, 0.2) is 0 Å². The fourth-order valence-electron chi connectivity index (χ4n) is 3.26. The fraction of sp³-hybridized carbons (Fsp3) is 0.240. The van der Waals surface area contributed by atoms with Crippen molar-refractivity contribution in [3.8, 4) is 11.5 Å². The molecule has 0 unspecified atom stereocenters. The lowest BCUT2D eigenvalue weighted by molar-refractivity contribution is 0.102. The summed E-state index contributed by atoms with van der Waals surface area (Å²) in [5.41, 5.74) is 6.37. The molecule has 3 aromatic rings. The van der Waals surface area contributed by atoms with E-state index in [2.05, 4.69) is 18.3 Å². The molecule has 0 heterocycles. The van der Waals surface area contributed by atoms with Crippen LogP contribution >= 0.6 is 11.6 Å². The first kappa shape index (κ1) is 21.7. The lowest BCUT2D eigenvalue weighted by Crippen LogP contribution is -2.13. The van der Waals surface area contributed by atoms with Crippen molar-refractivity contribution in [1.29, 1.82) is 0 Å². The number of methoxy groups -OCH3 is 1. The number of benzene rings is 3. The number of rotatable bonds is 6. The summed E-state index contributed by atoms with van der Waals surface area (Å²) in [6, 6.07) is 14.9. The van der Waals surface area contributed by atoms with Crippen molar-refractivity contribution < 1.29 is 14.3 Å². The molecule has 5 heteroatoms. The molecule has 3 aromatic carbocycles. The number of nitrogens with one attached hydrogen (secondary N) is 1. The van der Waals surface area contributed by atoms with E-state index in [4.69, 9.17) is 21.1 Å². The van der Waals surface area contributed by atoms with Gasteiger partial charge in [-0.15, -0.1) is 0 Å². The Bertz CT molecular complexity index is 1090. The highest BCUT2D eigenvalue weighted by Gasteiger charge is 2.13. The largest absolute Gasteiger partial charge is 0.496 e. The third kappa shape index (κ3) is 4.95. The van der Waals surface area contributed by atoms with Crippen LogP contribution in [0.3, 0.4) is 0 Å². The van der Waals surface area contributed by atoms with E-state index in [0.29, 0.717) is 28.6 Å². The van der Waals surface area contributed by atoms with E-state index in [1.54, 1.807) is 37.4 Å². The maximum Gasteiger partial charge on any atom is 0.255 e. The molecule has 3 rings (SSSR count). The van der Waals surface area contributed by atoms with E-state index in [0.717, 1.165) is 28.0 Å². The van der Waals surface area contributed by atoms with Crippen LogP contribution in [0.15, 0.2) is 48.5 Å². The molecule has 0 aromatic heterocycles. The average Bonchev–Trinajstić information content (AvgIpc) is 2.72. The third-order valence-corrected chi connectivity index (χ3v) is 5.37. The van der Waals surface area contributed by atoms with E-state index < -0.39 is 0 Å². The first-order chi connectivity index (χ1) is 14.3. The van der Waals surface area contributed by atoms with Crippen LogP contribution in [0.5, 0.6) is 11.5 Å². The van der Waals surface area contributed by atoms with E-state index in [-0.39, 0.29) is 5.91 Å². The van der Waals surface area contributed by atoms with E-state index >= 15 is 0 Å². The third-order valence-electron chi connectivity index (χ3n) is 5.14. The summed E-state index contributed by atoms with van der Waals surface area (Å²) in [6.45, 7) is 8.37. The zero-order valence-electron chi connectivity index (χ0n) is 17.9. The highest BCUT2D eigenvalue weighted by atomic mass is 35.5. The topological polar surface area (TPSA) is 47.6 Å². The van der Waals surface area contributed by atoms with Crippen molar-refractivity contribution in [3.63, 3.8) is 0 Å². The van der Waals surface area contributed by atoms with Crippen molar-refractivity contribution in [2.45, 2.75) is 34.3 Å². The molecule has 0 atom stereocenters. The molecule has 0 aliphatic carbocycles. The van der Waals surface area contributed by atoms with Crippen LogP contribution in [0.1, 0.15) is 38.2 Å². The molecule has 0 spiro atoms. The second-order valence-electron chi connectivity index (χ2n) is 7.43. The zero-order chi connectivity index (χ0) is 21.8. The number of carbonyl (C=O) groups is 1. The Morgan fingerprint density at radius 3 is 2.43 bits per heavy atom. The van der Waals surface area contributed by atoms with E-state index in [1.807, 2.05) is 32.9 Å². The first-order valence-electron chi connectivity index (χ1n) is 9.73. The summed E-state index contributed by atoms with van der Waals surface area (Å²) < 4.78 is 11.6. The molecular formula is C25H26ClNO3. The molecule has 0 fully saturated rings. The Labute approximate surface area is 182 Å². The molecule has 30 heavy (non-hydrogen) atoms. The van der Waals surface area contributed by atoms with Crippen LogP contribution in [0.2, 0.25) is 5.02 Å². The fourth-order valence-corrected chi connectivity index (χ4v) is 3.43. The number of halogens is 1. The smallest absolute Gasteiger partial charge is 0.255 e. The van der Waals surface area contributed by atoms with Gasteiger partial charge in [0.25, 0.3) is 5.91 Å². The van der Waals surface area contributed by atoms with E-state index in [9.17, 15) is 4.79 Å². The van der Waals surface area contributed by atoms with Gasteiger partial charge in [-0.1, -0.05) is 23.7 Å². The summed E-state index contributed by atoms with van der Waals surface area (Å²) in [5, 5.41) is 3.50. The van der Waals surface area contributed by atoms with Crippen molar-refractivity contribution >= 4 is 23.2 Å². The van der Waals surface area contributed by atoms with Crippen molar-refractivity contribution in [2.24, 2.45) is 0 Å². The van der Waals surface area contributed by atoms with Gasteiger partial charge >= 0.3 is 0 Å². The van der Waals surface area contributed by atoms with Gasteiger partial charge in [0, 0.05) is 21.8 Å². The minimum atomic E-state index is -0.216. The molecule has 0 bridgehead atoms. The Morgan fingerprint density at radius 1 is 0.933 bits per heavy atom. The van der Waals surface area contributed by atoms with Gasteiger partial charge in [0.1, 0.15) is 18.1 Å². The quantitative estimate of drug-likeness (QED) is 0.498. The highest BCUT2D eigenvalue weighted by Crippen LogP contribution is 2.27. The summed E-state index contributed by atoms with van der Waals surface area (Å²) >= 11 is 6.06. The second kappa shape index (κ2) is 9.23. The van der Waals surface area contributed by atoms with Crippen LogP contribution in [0.25, 0.3) is 0 Å². The molecule has 1 N–H and O–H groups in total. The minimum Gasteiger partial charge on any atom is -0.496 e. The van der Waals surface area contributed by atoms with Gasteiger partial charge < -0.3 is 14.8 Å². The first-order valence-corrected chi connectivity index (χ1v) is 10.1. The predicted molar refractivity (Wildman–Crippen MR) is 122 cm³/mol. The average molecular weight is 424 g/mol. The van der Waals surface area contributed by atoms with Gasteiger partial charge in [-0.2, -0.15) is 0 Å². The number of aryl methyl sites for hydroxylation is 3. The number of amides is 1. The maximum absolute atomic E-state index is 12.8. The number of ether oxygens (including phenoxy) is 2. The van der Waals surface area contributed by atoms with Crippen LogP contribution in [-0.2, 0) is 6.61 Å². The molecule has 4 nitrogen and oxygen atoms in total. The number of anilines is 1. The Morgan fingerprint density at radius 2 is 1.70 bits per heavy atom. The molecule has 0 radical (unpaired) electrons. The summed E-state index contributed by atoms with van der Waals surface area (Å²) in [6.07, 6.45) is 0. The summed E-state index contributed by atoms with van der Waals surface area (Å²) in [7, 11) is 1.61. The number of hydrogen-bond donors (Lipinski definition) is 1. The number of hydrogen-bond acceptors (Lipinski definition) is 3. The molecule has 1 amide bonds. The Kier molecular flexibility index (Phi) is 6.68. The van der Waals surface area contributed by atoms with Gasteiger partial charge in [-0.05, 0) is 86.3 Å². The zero-order valence-corrected chi connectivity index (χ0v) is 18.7. The molecule has 156 valence electrons. The SMILES string of the molecule is COc1ccc(C(=O)Nc2cc(Cl)ccc2C)cc1COc1cc(C)cc(C)c1C. The predicted octanol–water partition coefficient (Wildman–Crippen LogP) is 6.41. The lowest BCUT2D eigenvalue weighted by atomic mass is 10.1. The van der Waals surface area contributed by atoms with Gasteiger partial charge in [-0.25, -0.2) is 0 Å². The summed E-state index contributed by atoms with van der Waals surface area (Å²) in [5.74, 6) is 1.29. The normalized spacial score (nSPS) is 10.6. The maximum atomic E-state index is 12.8. The molecule has 0 saturated heterocycles.